The van der Waals surface area contributed by atoms with E-state index in [-0.39, 0.29) is 6.04 Å². The number of nitrogens with zero attached hydrogens (tertiary/aromatic N) is 1. The molecule has 0 aliphatic rings. The highest BCUT2D eigenvalue weighted by atomic mass is 16.6. The van der Waals surface area contributed by atoms with Crippen LogP contribution < -0.4 is 5.32 Å². The van der Waals surface area contributed by atoms with Crippen molar-refractivity contribution >= 4 is 6.09 Å². The van der Waals surface area contributed by atoms with Crippen molar-refractivity contribution in [1.29, 1.82) is 0 Å². The van der Waals surface area contributed by atoms with Crippen LogP contribution in [0.15, 0.2) is 30.3 Å². The van der Waals surface area contributed by atoms with E-state index in [1.165, 1.54) is 0 Å². The Bertz CT molecular complexity index is 469. The van der Waals surface area contributed by atoms with Gasteiger partial charge in [0.25, 0.3) is 0 Å². The number of amides is 1. The summed E-state index contributed by atoms with van der Waals surface area (Å²) in [5.41, 5.74) is 0.508. The standard InChI is InChI=1S/C18H30N2O3/c1-18(2,3)23-17(22)19-15(16(21)11-12-20(4)5)13-14-9-7-6-8-10-14/h6-10,15-16,21H,11-13H2,1-5H3,(H,19,22)/t15-,16?/m0/s1. The van der Waals surface area contributed by atoms with Crippen LogP contribution in [0.2, 0.25) is 0 Å². The van der Waals surface area contributed by atoms with Gasteiger partial charge in [-0.3, -0.25) is 0 Å². The van der Waals surface area contributed by atoms with Gasteiger partial charge in [-0.15, -0.1) is 0 Å². The van der Waals surface area contributed by atoms with Gasteiger partial charge in [0.2, 0.25) is 0 Å². The van der Waals surface area contributed by atoms with Gasteiger partial charge >= 0.3 is 6.09 Å². The van der Waals surface area contributed by atoms with Crippen molar-refractivity contribution in [2.24, 2.45) is 0 Å². The molecule has 1 rings (SSSR count). The predicted molar refractivity (Wildman–Crippen MR) is 92.5 cm³/mol. The fraction of sp³-hybridized carbons (Fsp3) is 0.611. The molecule has 1 unspecified atom stereocenters. The molecule has 0 saturated carbocycles. The SMILES string of the molecule is CN(C)CCC(O)[C@H](Cc1ccccc1)NC(=O)OC(C)(C)C. The lowest BCUT2D eigenvalue weighted by molar-refractivity contribution is 0.0406. The average Bonchev–Trinajstić information content (AvgIpc) is 2.43. The Kier molecular flexibility index (Phi) is 7.52. The number of aliphatic hydroxyl groups is 1. The van der Waals surface area contributed by atoms with Crippen LogP contribution in [0.4, 0.5) is 4.79 Å². The third kappa shape index (κ3) is 8.57. The number of ether oxygens (including phenoxy) is 1. The van der Waals surface area contributed by atoms with Crippen LogP contribution >= 0.6 is 0 Å². The first kappa shape index (κ1) is 19.5. The summed E-state index contributed by atoms with van der Waals surface area (Å²) in [4.78, 5) is 14.1. The van der Waals surface area contributed by atoms with Gasteiger partial charge in [-0.1, -0.05) is 30.3 Å². The van der Waals surface area contributed by atoms with Gasteiger partial charge in [-0.05, 0) is 53.3 Å². The number of benzene rings is 1. The van der Waals surface area contributed by atoms with Gasteiger partial charge < -0.3 is 20.1 Å². The summed E-state index contributed by atoms with van der Waals surface area (Å²) in [5.74, 6) is 0. The highest BCUT2D eigenvalue weighted by molar-refractivity contribution is 5.68. The van der Waals surface area contributed by atoms with Crippen molar-refractivity contribution in [2.75, 3.05) is 20.6 Å². The maximum Gasteiger partial charge on any atom is 0.407 e. The second-order valence-corrected chi connectivity index (χ2v) is 7.10. The summed E-state index contributed by atoms with van der Waals surface area (Å²) in [6.07, 6.45) is 0.0158. The van der Waals surface area contributed by atoms with Crippen molar-refractivity contribution < 1.29 is 14.6 Å². The Morgan fingerprint density at radius 3 is 2.39 bits per heavy atom. The highest BCUT2D eigenvalue weighted by Gasteiger charge is 2.24. The minimum Gasteiger partial charge on any atom is -0.444 e. The van der Waals surface area contributed by atoms with Crippen LogP contribution in [-0.2, 0) is 11.2 Å². The van der Waals surface area contributed by atoms with Crippen LogP contribution in [0.3, 0.4) is 0 Å². The second kappa shape index (κ2) is 8.89. The molecule has 130 valence electrons. The van der Waals surface area contributed by atoms with E-state index in [0.717, 1.165) is 12.1 Å². The summed E-state index contributed by atoms with van der Waals surface area (Å²) >= 11 is 0. The van der Waals surface area contributed by atoms with Crippen LogP contribution in [0.1, 0.15) is 32.8 Å². The zero-order valence-corrected chi connectivity index (χ0v) is 14.9. The highest BCUT2D eigenvalue weighted by Crippen LogP contribution is 2.12. The van der Waals surface area contributed by atoms with E-state index < -0.39 is 17.8 Å². The van der Waals surface area contributed by atoms with Gasteiger partial charge in [0, 0.05) is 6.54 Å². The molecule has 5 nitrogen and oxygen atoms in total. The molecule has 2 N–H and O–H groups in total. The van der Waals surface area contributed by atoms with Crippen LogP contribution in [-0.4, -0.2) is 54.5 Å². The van der Waals surface area contributed by atoms with Gasteiger partial charge in [0.1, 0.15) is 5.60 Å². The number of nitrogens with one attached hydrogen (secondary N) is 1. The first-order valence-corrected chi connectivity index (χ1v) is 8.03. The Hall–Kier alpha value is -1.59. The van der Waals surface area contributed by atoms with E-state index in [2.05, 4.69) is 5.32 Å². The van der Waals surface area contributed by atoms with Gasteiger partial charge in [-0.25, -0.2) is 4.79 Å². The summed E-state index contributed by atoms with van der Waals surface area (Å²) in [7, 11) is 3.92. The summed E-state index contributed by atoms with van der Waals surface area (Å²) in [6.45, 7) is 6.21. The van der Waals surface area contributed by atoms with E-state index in [9.17, 15) is 9.90 Å². The molecule has 0 bridgehead atoms. The molecule has 0 saturated heterocycles. The maximum absolute atomic E-state index is 12.0. The molecule has 0 aliphatic heterocycles. The van der Waals surface area contributed by atoms with Crippen molar-refractivity contribution in [3.8, 4) is 0 Å². The fourth-order valence-electron chi connectivity index (χ4n) is 2.20. The van der Waals surface area contributed by atoms with E-state index >= 15 is 0 Å². The molecule has 23 heavy (non-hydrogen) atoms. The monoisotopic (exact) mass is 322 g/mol. The van der Waals surface area contributed by atoms with E-state index in [4.69, 9.17) is 4.74 Å². The van der Waals surface area contributed by atoms with E-state index in [1.807, 2.05) is 70.1 Å². The summed E-state index contributed by atoms with van der Waals surface area (Å²) in [6, 6.07) is 9.44. The summed E-state index contributed by atoms with van der Waals surface area (Å²) < 4.78 is 5.31. The van der Waals surface area contributed by atoms with Crippen molar-refractivity contribution in [1.82, 2.24) is 10.2 Å². The number of rotatable bonds is 7. The van der Waals surface area contributed by atoms with Crippen molar-refractivity contribution in [3.05, 3.63) is 35.9 Å². The molecule has 0 fully saturated rings. The quantitative estimate of drug-likeness (QED) is 0.809. The topological polar surface area (TPSA) is 61.8 Å². The van der Waals surface area contributed by atoms with Gasteiger partial charge in [0.15, 0.2) is 0 Å². The second-order valence-electron chi connectivity index (χ2n) is 7.10. The third-order valence-corrected chi connectivity index (χ3v) is 3.34. The number of aliphatic hydroxyl groups excluding tert-OH is 1. The fourth-order valence-corrected chi connectivity index (χ4v) is 2.20. The average molecular weight is 322 g/mol. The lowest BCUT2D eigenvalue weighted by atomic mass is 9.99. The zero-order chi connectivity index (χ0) is 17.5. The first-order valence-electron chi connectivity index (χ1n) is 8.03. The molecule has 1 aromatic rings. The number of alkyl carbamates (subject to hydrolysis) is 1. The van der Waals surface area contributed by atoms with Gasteiger partial charge in [-0.2, -0.15) is 0 Å². The Morgan fingerprint density at radius 1 is 1.26 bits per heavy atom. The Morgan fingerprint density at radius 2 is 1.87 bits per heavy atom. The smallest absolute Gasteiger partial charge is 0.407 e. The number of hydrogen-bond acceptors (Lipinski definition) is 4. The number of hydrogen-bond donors (Lipinski definition) is 2. The Labute approximate surface area is 139 Å². The molecule has 1 aromatic carbocycles. The third-order valence-electron chi connectivity index (χ3n) is 3.34. The maximum atomic E-state index is 12.0. The zero-order valence-electron chi connectivity index (χ0n) is 14.9. The van der Waals surface area contributed by atoms with Crippen LogP contribution in [0.5, 0.6) is 0 Å². The molecular weight excluding hydrogens is 292 g/mol. The van der Waals surface area contributed by atoms with Crippen LogP contribution in [0.25, 0.3) is 0 Å². The normalized spacial score (nSPS) is 14.4. The molecule has 2 atom stereocenters. The number of carbonyl (C=O) groups is 1. The lowest BCUT2D eigenvalue weighted by Crippen LogP contribution is -2.47. The van der Waals surface area contributed by atoms with E-state index in [1.54, 1.807) is 0 Å². The van der Waals surface area contributed by atoms with Gasteiger partial charge in [0.05, 0.1) is 12.1 Å². The molecule has 0 aromatic heterocycles. The van der Waals surface area contributed by atoms with Crippen molar-refractivity contribution in [3.63, 3.8) is 0 Å². The summed E-state index contributed by atoms with van der Waals surface area (Å²) in [5, 5.41) is 13.3. The molecular formula is C18H30N2O3. The molecule has 1 amide bonds. The minimum absolute atomic E-state index is 0.382. The van der Waals surface area contributed by atoms with Crippen LogP contribution in [0, 0.1) is 0 Å². The molecule has 0 spiro atoms. The lowest BCUT2D eigenvalue weighted by Gasteiger charge is -2.27. The van der Waals surface area contributed by atoms with E-state index in [0.29, 0.717) is 12.8 Å². The molecule has 5 heteroatoms. The molecule has 0 radical (unpaired) electrons. The number of carbonyl (C=O) groups excluding carboxylic acids is 1. The first-order chi connectivity index (χ1) is 10.7. The Balaban J connectivity index is 2.73. The predicted octanol–water partition coefficient (Wildman–Crippen LogP) is 2.43. The molecule has 0 aliphatic carbocycles. The van der Waals surface area contributed by atoms with Crippen molar-refractivity contribution in [2.45, 2.75) is 51.4 Å². The largest absolute Gasteiger partial charge is 0.444 e. The molecule has 0 heterocycles. The minimum atomic E-state index is -0.634.